The van der Waals surface area contributed by atoms with E-state index in [-0.39, 0.29) is 35.3 Å². The van der Waals surface area contributed by atoms with Crippen molar-refractivity contribution >= 4 is 28.8 Å². The van der Waals surface area contributed by atoms with Gasteiger partial charge in [0.1, 0.15) is 16.9 Å². The molecule has 1 aromatic carbocycles. The Morgan fingerprint density at radius 2 is 2.15 bits per heavy atom. The molecule has 2 aliphatic rings. The van der Waals surface area contributed by atoms with E-state index in [4.69, 9.17) is 10.5 Å². The van der Waals surface area contributed by atoms with Gasteiger partial charge in [0.25, 0.3) is 5.56 Å². The molecule has 0 bridgehead atoms. The molecule has 178 valence electrons. The van der Waals surface area contributed by atoms with E-state index in [1.807, 2.05) is 26.8 Å². The highest BCUT2D eigenvalue weighted by Crippen LogP contribution is 2.38. The average molecular weight is 464 g/mol. The topological polar surface area (TPSA) is 157 Å². The maximum absolute atomic E-state index is 12.7. The van der Waals surface area contributed by atoms with Gasteiger partial charge in [-0.15, -0.1) is 0 Å². The van der Waals surface area contributed by atoms with Crippen LogP contribution in [0.15, 0.2) is 40.2 Å². The summed E-state index contributed by atoms with van der Waals surface area (Å²) in [7, 11) is 0. The molecule has 1 saturated heterocycles. The zero-order valence-electron chi connectivity index (χ0n) is 19.4. The zero-order valence-corrected chi connectivity index (χ0v) is 19.4. The molecular formula is C24H29N7O3. The summed E-state index contributed by atoms with van der Waals surface area (Å²) in [4.78, 5) is 32.4. The number of rotatable bonds is 6. The molecule has 10 nitrogen and oxygen atoms in total. The van der Waals surface area contributed by atoms with Gasteiger partial charge in [-0.1, -0.05) is 6.07 Å². The van der Waals surface area contributed by atoms with Gasteiger partial charge in [0.05, 0.1) is 36.0 Å². The molecule has 0 aliphatic carbocycles. The number of amidine groups is 1. The second-order valence-corrected chi connectivity index (χ2v) is 9.05. The highest BCUT2D eigenvalue weighted by molar-refractivity contribution is 6.07. The molecule has 34 heavy (non-hydrogen) atoms. The van der Waals surface area contributed by atoms with Gasteiger partial charge in [-0.05, 0) is 45.4 Å². The summed E-state index contributed by atoms with van der Waals surface area (Å²) in [6.07, 6.45) is 2.13. The first kappa shape index (κ1) is 23.5. The van der Waals surface area contributed by atoms with Crippen molar-refractivity contribution in [1.82, 2.24) is 10.3 Å². The predicted octanol–water partition coefficient (Wildman–Crippen LogP) is 1.92. The van der Waals surface area contributed by atoms with Crippen molar-refractivity contribution in [1.29, 1.82) is 5.26 Å². The maximum Gasteiger partial charge on any atom is 0.261 e. The van der Waals surface area contributed by atoms with Crippen LogP contribution in [0.4, 0.5) is 17.1 Å². The number of ether oxygens (including phenoxy) is 1. The lowest BCUT2D eigenvalue weighted by atomic mass is 9.92. The van der Waals surface area contributed by atoms with E-state index in [0.29, 0.717) is 36.7 Å². The molecule has 6 N–H and O–H groups in total. The van der Waals surface area contributed by atoms with Gasteiger partial charge in [-0.25, -0.2) is 4.99 Å². The third kappa shape index (κ3) is 4.40. The minimum atomic E-state index is -0.843. The van der Waals surface area contributed by atoms with E-state index in [0.717, 1.165) is 5.56 Å². The standard InChI is InChI=1S/C24H29N7O3/c1-13(2)31-24(3)16-5-4-15(10-18(16)30-23(24)33)28-21(26)20-17(6-8-27-22(20)32)29-19-12-34-9-7-14(19)11-25/h4-6,8,10,13-14,19,31H,7,9,12H2,1-3H3,(H2,26,28)(H,30,33)(H2,27,29,32)/t14?,19-,24?/m0/s1. The SMILES string of the molecule is CC(C)NC1(C)C(=O)Nc2cc(N=C(N)c3c(N[C@H]4COCCC4C#N)cc[nH]c3=O)ccc21. The van der Waals surface area contributed by atoms with Gasteiger partial charge >= 0.3 is 0 Å². The molecule has 2 unspecified atom stereocenters. The van der Waals surface area contributed by atoms with Gasteiger partial charge in [0, 0.05) is 30.1 Å². The largest absolute Gasteiger partial charge is 0.383 e. The molecule has 0 spiro atoms. The number of nitrogens with zero attached hydrogens (tertiary/aromatic N) is 2. The Morgan fingerprint density at radius 3 is 2.88 bits per heavy atom. The molecule has 0 saturated carbocycles. The van der Waals surface area contributed by atoms with Crippen LogP contribution in [0.3, 0.4) is 0 Å². The summed E-state index contributed by atoms with van der Waals surface area (Å²) in [5.41, 5.74) is 7.66. The summed E-state index contributed by atoms with van der Waals surface area (Å²) >= 11 is 0. The summed E-state index contributed by atoms with van der Waals surface area (Å²) in [5.74, 6) is -0.368. The highest BCUT2D eigenvalue weighted by atomic mass is 16.5. The smallest absolute Gasteiger partial charge is 0.261 e. The predicted molar refractivity (Wildman–Crippen MR) is 130 cm³/mol. The van der Waals surface area contributed by atoms with E-state index in [1.165, 1.54) is 6.20 Å². The average Bonchev–Trinajstić information content (AvgIpc) is 3.02. The van der Waals surface area contributed by atoms with E-state index < -0.39 is 11.1 Å². The number of carbonyl (C=O) groups is 1. The zero-order chi connectivity index (χ0) is 24.5. The number of anilines is 2. The van der Waals surface area contributed by atoms with Crippen LogP contribution in [0.2, 0.25) is 0 Å². The van der Waals surface area contributed by atoms with E-state index >= 15 is 0 Å². The molecule has 10 heteroatoms. The summed E-state index contributed by atoms with van der Waals surface area (Å²) in [5, 5.41) is 18.9. The lowest BCUT2D eigenvalue weighted by Crippen LogP contribution is -2.48. The number of hydrogen-bond acceptors (Lipinski definition) is 7. The number of fused-ring (bicyclic) bond motifs is 1. The van der Waals surface area contributed by atoms with Gasteiger partial charge in [0.15, 0.2) is 0 Å². The summed E-state index contributed by atoms with van der Waals surface area (Å²) in [6, 6.07) is 9.15. The Labute approximate surface area is 197 Å². The van der Waals surface area contributed by atoms with Crippen LogP contribution in [-0.2, 0) is 15.1 Å². The van der Waals surface area contributed by atoms with Crippen LogP contribution in [-0.4, -0.2) is 42.0 Å². The fraction of sp³-hybridized carbons (Fsp3) is 0.417. The van der Waals surface area contributed by atoms with Crippen molar-refractivity contribution < 1.29 is 9.53 Å². The number of amides is 1. The van der Waals surface area contributed by atoms with Gasteiger partial charge < -0.3 is 26.1 Å². The van der Waals surface area contributed by atoms with Crippen molar-refractivity contribution in [2.45, 2.75) is 44.8 Å². The number of nitriles is 1. The molecule has 1 aromatic heterocycles. The first-order valence-corrected chi connectivity index (χ1v) is 11.3. The van der Waals surface area contributed by atoms with Crippen LogP contribution >= 0.6 is 0 Å². The number of aromatic amines is 1. The van der Waals surface area contributed by atoms with Crippen molar-refractivity contribution in [2.24, 2.45) is 16.6 Å². The second kappa shape index (κ2) is 9.29. The van der Waals surface area contributed by atoms with E-state index in [9.17, 15) is 14.9 Å². The van der Waals surface area contributed by atoms with Gasteiger partial charge in [-0.3, -0.25) is 14.9 Å². The Balaban J connectivity index is 1.65. The fourth-order valence-electron chi connectivity index (χ4n) is 4.51. The number of carbonyl (C=O) groups excluding carboxylic acids is 1. The summed E-state index contributed by atoms with van der Waals surface area (Å²) < 4.78 is 5.50. The van der Waals surface area contributed by atoms with Crippen LogP contribution in [0.25, 0.3) is 0 Å². The Morgan fingerprint density at radius 1 is 1.35 bits per heavy atom. The van der Waals surface area contributed by atoms with E-state index in [2.05, 4.69) is 32.0 Å². The Bertz CT molecular complexity index is 1230. The number of pyridine rings is 1. The Kier molecular flexibility index (Phi) is 6.41. The van der Waals surface area contributed by atoms with Crippen LogP contribution < -0.4 is 27.2 Å². The number of nitrogens with two attached hydrogens (primary N) is 1. The minimum absolute atomic E-state index is 0.0157. The monoisotopic (exact) mass is 463 g/mol. The van der Waals surface area contributed by atoms with Gasteiger partial charge in [-0.2, -0.15) is 5.26 Å². The normalized spacial score (nSPS) is 24.4. The van der Waals surface area contributed by atoms with Crippen LogP contribution in [0.5, 0.6) is 0 Å². The third-order valence-corrected chi connectivity index (χ3v) is 6.15. The Hall–Kier alpha value is -3.68. The van der Waals surface area contributed by atoms with Crippen molar-refractivity contribution in [2.75, 3.05) is 23.8 Å². The molecule has 2 aliphatic heterocycles. The van der Waals surface area contributed by atoms with Crippen molar-refractivity contribution in [3.63, 3.8) is 0 Å². The molecule has 2 aromatic rings. The molecule has 4 rings (SSSR count). The molecular weight excluding hydrogens is 434 g/mol. The summed E-state index contributed by atoms with van der Waals surface area (Å²) in [6.45, 7) is 6.70. The number of aliphatic imine (C=N–C) groups is 1. The van der Waals surface area contributed by atoms with Crippen LogP contribution in [0, 0.1) is 17.2 Å². The number of aromatic nitrogens is 1. The second-order valence-electron chi connectivity index (χ2n) is 9.05. The number of benzene rings is 1. The van der Waals surface area contributed by atoms with Crippen molar-refractivity contribution in [3.05, 3.63) is 51.9 Å². The number of nitrogens with one attached hydrogen (secondary N) is 4. The lowest BCUT2D eigenvalue weighted by Gasteiger charge is -2.29. The number of hydrogen-bond donors (Lipinski definition) is 5. The molecule has 0 radical (unpaired) electrons. The first-order valence-electron chi connectivity index (χ1n) is 11.3. The molecule has 1 amide bonds. The molecule has 1 fully saturated rings. The van der Waals surface area contributed by atoms with Crippen molar-refractivity contribution in [3.8, 4) is 6.07 Å². The lowest BCUT2D eigenvalue weighted by molar-refractivity contribution is -0.121. The minimum Gasteiger partial charge on any atom is -0.383 e. The third-order valence-electron chi connectivity index (χ3n) is 6.15. The first-order chi connectivity index (χ1) is 16.2. The quantitative estimate of drug-likeness (QED) is 0.323. The maximum atomic E-state index is 12.7. The van der Waals surface area contributed by atoms with E-state index in [1.54, 1.807) is 18.2 Å². The van der Waals surface area contributed by atoms with Crippen LogP contribution in [0.1, 0.15) is 38.3 Å². The van der Waals surface area contributed by atoms with Gasteiger partial charge in [0.2, 0.25) is 5.91 Å². The molecule has 3 atom stereocenters. The number of H-pyrrole nitrogens is 1. The molecule has 3 heterocycles. The highest BCUT2D eigenvalue weighted by Gasteiger charge is 2.42. The fourth-order valence-corrected chi connectivity index (χ4v) is 4.51.